The van der Waals surface area contributed by atoms with Crippen LogP contribution in [-0.4, -0.2) is 34.5 Å². The average Bonchev–Trinajstić information content (AvgIpc) is 2.65. The normalized spacial score (nSPS) is 11.0. The molecule has 29 heavy (non-hydrogen) atoms. The number of ketones is 1. The van der Waals surface area contributed by atoms with Gasteiger partial charge in [-0.2, -0.15) is 0 Å². The molecular formula is C23H26O6. The molecule has 0 amide bonds. The zero-order valence-electron chi connectivity index (χ0n) is 17.1. The lowest BCUT2D eigenvalue weighted by Gasteiger charge is -2.17. The molecule has 2 aromatic carbocycles. The largest absolute Gasteiger partial charge is 0.493 e. The fourth-order valence-electron chi connectivity index (χ4n) is 2.92. The molecule has 2 aromatic rings. The lowest BCUT2D eigenvalue weighted by atomic mass is 9.95. The summed E-state index contributed by atoms with van der Waals surface area (Å²) in [7, 11) is 0. The Morgan fingerprint density at radius 1 is 0.897 bits per heavy atom. The average molecular weight is 398 g/mol. The molecule has 2 N–H and O–H groups in total. The summed E-state index contributed by atoms with van der Waals surface area (Å²) in [5.41, 5.74) is 1.21. The molecule has 0 aromatic heterocycles. The highest BCUT2D eigenvalue weighted by Gasteiger charge is 2.19. The third kappa shape index (κ3) is 5.67. The van der Waals surface area contributed by atoms with E-state index in [-0.39, 0.29) is 29.2 Å². The van der Waals surface area contributed by atoms with Crippen molar-refractivity contribution in [1.82, 2.24) is 0 Å². The summed E-state index contributed by atoms with van der Waals surface area (Å²) in [6.07, 6.45) is 0.0574. The molecule has 6 nitrogen and oxygen atoms in total. The van der Waals surface area contributed by atoms with Gasteiger partial charge in [0.15, 0.2) is 5.78 Å². The van der Waals surface area contributed by atoms with Gasteiger partial charge in [-0.3, -0.25) is 4.79 Å². The van der Waals surface area contributed by atoms with Crippen molar-refractivity contribution in [2.45, 2.75) is 40.0 Å². The van der Waals surface area contributed by atoms with Crippen LogP contribution >= 0.6 is 0 Å². The van der Waals surface area contributed by atoms with E-state index in [0.29, 0.717) is 12.5 Å². The number of hydrogen-bond acceptors (Lipinski definition) is 4. The Balaban J connectivity index is 2.30. The number of aromatic carboxylic acids is 2. The lowest BCUT2D eigenvalue weighted by Crippen LogP contribution is -2.12. The van der Waals surface area contributed by atoms with Gasteiger partial charge in [0.2, 0.25) is 0 Å². The summed E-state index contributed by atoms with van der Waals surface area (Å²) in [5, 5.41) is 18.3. The number of carboxylic acids is 2. The maximum Gasteiger partial charge on any atom is 0.336 e. The van der Waals surface area contributed by atoms with E-state index in [9.17, 15) is 19.5 Å². The lowest BCUT2D eigenvalue weighted by molar-refractivity contribution is 0.0651. The monoisotopic (exact) mass is 398 g/mol. The van der Waals surface area contributed by atoms with Crippen molar-refractivity contribution in [3.8, 4) is 5.75 Å². The summed E-state index contributed by atoms with van der Waals surface area (Å²) in [6.45, 7) is 8.82. The van der Waals surface area contributed by atoms with Gasteiger partial charge >= 0.3 is 11.9 Å². The maximum absolute atomic E-state index is 12.7. The highest BCUT2D eigenvalue weighted by Crippen LogP contribution is 2.28. The summed E-state index contributed by atoms with van der Waals surface area (Å²) in [6, 6.07) is 9.26. The fraction of sp³-hybridized carbons (Fsp3) is 0.348. The first-order valence-corrected chi connectivity index (χ1v) is 9.49. The molecule has 0 aliphatic heterocycles. The summed E-state index contributed by atoms with van der Waals surface area (Å²) in [4.78, 5) is 35.2. The van der Waals surface area contributed by atoms with E-state index in [1.807, 2.05) is 18.2 Å². The van der Waals surface area contributed by atoms with Crippen LogP contribution in [0.4, 0.5) is 0 Å². The van der Waals surface area contributed by atoms with Gasteiger partial charge in [-0.25, -0.2) is 9.59 Å². The quantitative estimate of drug-likeness (QED) is 0.596. The third-order valence-electron chi connectivity index (χ3n) is 4.44. The van der Waals surface area contributed by atoms with Crippen LogP contribution in [0, 0.1) is 5.92 Å². The van der Waals surface area contributed by atoms with Gasteiger partial charge in [-0.05, 0) is 41.2 Å². The molecule has 6 heteroatoms. The van der Waals surface area contributed by atoms with Crippen LogP contribution in [0.3, 0.4) is 0 Å². The molecule has 0 saturated carbocycles. The summed E-state index contributed by atoms with van der Waals surface area (Å²) < 4.78 is 5.93. The standard InChI is InChI=1S/C23H26O6/c1-13(2)12-29-21-10-15(5-7-17(21)14(3)4)9-20(24)16-6-8-18(22(25)26)19(11-16)23(27)28/h5-8,10-11,13-14H,9,12H2,1-4H3,(H,25,26)(H,27,28). The SMILES string of the molecule is CC(C)COc1cc(CC(=O)c2ccc(C(=O)O)c(C(=O)O)c2)ccc1C(C)C. The predicted octanol–water partition coefficient (Wildman–Crippen LogP) is 4.67. The van der Waals surface area contributed by atoms with Gasteiger partial charge in [0.1, 0.15) is 5.75 Å². The molecule has 0 fully saturated rings. The number of carbonyl (C=O) groups is 3. The molecule has 0 unspecified atom stereocenters. The van der Waals surface area contributed by atoms with Crippen molar-refractivity contribution in [2.24, 2.45) is 5.92 Å². The van der Waals surface area contributed by atoms with E-state index >= 15 is 0 Å². The van der Waals surface area contributed by atoms with E-state index in [1.54, 1.807) is 0 Å². The Labute approximate surface area is 170 Å². The van der Waals surface area contributed by atoms with E-state index in [2.05, 4.69) is 27.7 Å². The van der Waals surface area contributed by atoms with Crippen molar-refractivity contribution in [1.29, 1.82) is 0 Å². The Kier molecular flexibility index (Phi) is 7.15. The molecule has 0 aliphatic rings. The van der Waals surface area contributed by atoms with Gasteiger partial charge in [0.05, 0.1) is 17.7 Å². The molecular weight excluding hydrogens is 372 g/mol. The second-order valence-corrected chi connectivity index (χ2v) is 7.70. The highest BCUT2D eigenvalue weighted by molar-refractivity contribution is 6.05. The van der Waals surface area contributed by atoms with Crippen LogP contribution in [0.5, 0.6) is 5.75 Å². The Hall–Kier alpha value is -3.15. The topological polar surface area (TPSA) is 101 Å². The number of hydrogen-bond donors (Lipinski definition) is 2. The number of carbonyl (C=O) groups excluding carboxylic acids is 1. The zero-order valence-corrected chi connectivity index (χ0v) is 17.1. The molecule has 0 aliphatic carbocycles. The van der Waals surface area contributed by atoms with Crippen molar-refractivity contribution in [3.05, 3.63) is 64.2 Å². The van der Waals surface area contributed by atoms with Gasteiger partial charge < -0.3 is 14.9 Å². The third-order valence-corrected chi connectivity index (χ3v) is 4.44. The van der Waals surface area contributed by atoms with Crippen molar-refractivity contribution < 1.29 is 29.3 Å². The van der Waals surface area contributed by atoms with Crippen LogP contribution in [0.15, 0.2) is 36.4 Å². The van der Waals surface area contributed by atoms with Gasteiger partial charge in [-0.15, -0.1) is 0 Å². The first-order valence-electron chi connectivity index (χ1n) is 9.49. The first kappa shape index (κ1) is 22.1. The molecule has 0 bridgehead atoms. The molecule has 2 rings (SSSR count). The van der Waals surface area contributed by atoms with Crippen LogP contribution in [-0.2, 0) is 6.42 Å². The number of Topliss-reactive ketones (excluding diaryl/α,β-unsaturated/α-hetero) is 1. The molecule has 0 atom stereocenters. The minimum absolute atomic E-state index is 0.0574. The van der Waals surface area contributed by atoms with Crippen LogP contribution in [0.1, 0.15) is 75.8 Å². The molecule has 0 heterocycles. The Bertz CT molecular complexity index is 927. The van der Waals surface area contributed by atoms with E-state index in [0.717, 1.165) is 29.0 Å². The van der Waals surface area contributed by atoms with Crippen molar-refractivity contribution in [2.75, 3.05) is 6.61 Å². The van der Waals surface area contributed by atoms with Crippen LogP contribution < -0.4 is 4.74 Å². The minimum atomic E-state index is -1.39. The summed E-state index contributed by atoms with van der Waals surface area (Å²) in [5.74, 6) is -1.66. The zero-order chi connectivity index (χ0) is 21.7. The highest BCUT2D eigenvalue weighted by atomic mass is 16.5. The van der Waals surface area contributed by atoms with Gasteiger partial charge in [0, 0.05) is 12.0 Å². The van der Waals surface area contributed by atoms with E-state index in [4.69, 9.17) is 9.84 Å². The second kappa shape index (κ2) is 9.37. The van der Waals surface area contributed by atoms with Crippen molar-refractivity contribution in [3.63, 3.8) is 0 Å². The van der Waals surface area contributed by atoms with Crippen LogP contribution in [0.2, 0.25) is 0 Å². The van der Waals surface area contributed by atoms with E-state index < -0.39 is 17.5 Å². The van der Waals surface area contributed by atoms with Gasteiger partial charge in [-0.1, -0.05) is 45.9 Å². The first-order chi connectivity index (χ1) is 13.6. The summed E-state index contributed by atoms with van der Waals surface area (Å²) >= 11 is 0. The number of carboxylic acid groups (broad SMARTS) is 2. The minimum Gasteiger partial charge on any atom is -0.493 e. The number of ether oxygens (including phenoxy) is 1. The molecule has 0 spiro atoms. The van der Waals surface area contributed by atoms with Crippen molar-refractivity contribution >= 4 is 17.7 Å². The Morgan fingerprint density at radius 2 is 1.55 bits per heavy atom. The Morgan fingerprint density at radius 3 is 2.10 bits per heavy atom. The second-order valence-electron chi connectivity index (χ2n) is 7.70. The van der Waals surface area contributed by atoms with Gasteiger partial charge in [0.25, 0.3) is 0 Å². The molecule has 0 saturated heterocycles. The smallest absolute Gasteiger partial charge is 0.336 e. The molecule has 154 valence electrons. The van der Waals surface area contributed by atoms with Crippen LogP contribution in [0.25, 0.3) is 0 Å². The predicted molar refractivity (Wildman–Crippen MR) is 109 cm³/mol. The number of benzene rings is 2. The van der Waals surface area contributed by atoms with E-state index in [1.165, 1.54) is 6.07 Å². The molecule has 0 radical (unpaired) electrons. The maximum atomic E-state index is 12.7. The number of rotatable bonds is 9. The fourth-order valence-corrected chi connectivity index (χ4v) is 2.92.